The summed E-state index contributed by atoms with van der Waals surface area (Å²) in [5.74, 6) is -0.224. The Bertz CT molecular complexity index is 597. The summed E-state index contributed by atoms with van der Waals surface area (Å²) in [7, 11) is 1.77. The van der Waals surface area contributed by atoms with Gasteiger partial charge in [-0.25, -0.2) is 4.39 Å². The highest BCUT2D eigenvalue weighted by molar-refractivity contribution is 6.33. The van der Waals surface area contributed by atoms with Crippen molar-refractivity contribution in [2.45, 2.75) is 13.0 Å². The van der Waals surface area contributed by atoms with Gasteiger partial charge in [0.1, 0.15) is 5.82 Å². The molecule has 2 rings (SSSR count). The number of hydrogen-bond donors (Lipinski definition) is 1. The van der Waals surface area contributed by atoms with Crippen molar-refractivity contribution in [3.05, 3.63) is 69.0 Å². The molecule has 0 aliphatic heterocycles. The van der Waals surface area contributed by atoms with Gasteiger partial charge in [-0.1, -0.05) is 41.4 Å². The van der Waals surface area contributed by atoms with Crippen molar-refractivity contribution in [3.63, 3.8) is 0 Å². The lowest BCUT2D eigenvalue weighted by atomic mass is 9.96. The van der Waals surface area contributed by atoms with Gasteiger partial charge in [-0.05, 0) is 43.3 Å². The first kappa shape index (κ1) is 14.3. The SMILES string of the molecule is CNC(c1cc(Cl)ccc1Cl)c1cccc(C)c1F. The van der Waals surface area contributed by atoms with Gasteiger partial charge >= 0.3 is 0 Å². The predicted octanol–water partition coefficient (Wildman–Crippen LogP) is 4.75. The van der Waals surface area contributed by atoms with E-state index in [1.54, 1.807) is 44.3 Å². The fraction of sp³-hybridized carbons (Fsp3) is 0.200. The van der Waals surface area contributed by atoms with E-state index in [0.29, 0.717) is 21.2 Å². The Morgan fingerprint density at radius 2 is 1.84 bits per heavy atom. The van der Waals surface area contributed by atoms with Crippen molar-refractivity contribution >= 4 is 23.2 Å². The molecule has 19 heavy (non-hydrogen) atoms. The Morgan fingerprint density at radius 3 is 2.53 bits per heavy atom. The Morgan fingerprint density at radius 1 is 1.11 bits per heavy atom. The van der Waals surface area contributed by atoms with Crippen LogP contribution in [0.2, 0.25) is 10.0 Å². The second kappa shape index (κ2) is 5.91. The first-order valence-electron chi connectivity index (χ1n) is 5.92. The minimum atomic E-state index is -0.328. The lowest BCUT2D eigenvalue weighted by molar-refractivity contribution is 0.569. The van der Waals surface area contributed by atoms with E-state index in [2.05, 4.69) is 5.32 Å². The topological polar surface area (TPSA) is 12.0 Å². The Labute approximate surface area is 122 Å². The second-order valence-corrected chi connectivity index (χ2v) is 5.21. The molecule has 0 heterocycles. The van der Waals surface area contributed by atoms with Crippen LogP contribution in [0, 0.1) is 12.7 Å². The lowest BCUT2D eigenvalue weighted by Gasteiger charge is -2.20. The zero-order valence-corrected chi connectivity index (χ0v) is 12.2. The second-order valence-electron chi connectivity index (χ2n) is 4.37. The maximum Gasteiger partial charge on any atom is 0.131 e. The van der Waals surface area contributed by atoms with Crippen LogP contribution in [0.25, 0.3) is 0 Å². The van der Waals surface area contributed by atoms with Crippen LogP contribution in [0.4, 0.5) is 4.39 Å². The van der Waals surface area contributed by atoms with Crippen molar-refractivity contribution in [2.24, 2.45) is 0 Å². The summed E-state index contributed by atoms with van der Waals surface area (Å²) >= 11 is 12.2. The van der Waals surface area contributed by atoms with E-state index < -0.39 is 0 Å². The van der Waals surface area contributed by atoms with Gasteiger partial charge in [-0.2, -0.15) is 0 Å². The largest absolute Gasteiger partial charge is 0.309 e. The van der Waals surface area contributed by atoms with E-state index in [4.69, 9.17) is 23.2 Å². The van der Waals surface area contributed by atoms with Crippen molar-refractivity contribution in [1.82, 2.24) is 5.32 Å². The minimum Gasteiger partial charge on any atom is -0.309 e. The normalized spacial score (nSPS) is 12.5. The molecule has 0 aromatic heterocycles. The van der Waals surface area contributed by atoms with E-state index >= 15 is 0 Å². The summed E-state index contributed by atoms with van der Waals surface area (Å²) in [5, 5.41) is 4.22. The highest BCUT2D eigenvalue weighted by atomic mass is 35.5. The quantitative estimate of drug-likeness (QED) is 0.862. The van der Waals surface area contributed by atoms with Gasteiger partial charge in [0.2, 0.25) is 0 Å². The molecule has 1 unspecified atom stereocenters. The van der Waals surface area contributed by atoms with Crippen molar-refractivity contribution < 1.29 is 4.39 Å². The first-order valence-corrected chi connectivity index (χ1v) is 6.67. The maximum absolute atomic E-state index is 14.2. The first-order chi connectivity index (χ1) is 9.04. The molecule has 2 aromatic rings. The van der Waals surface area contributed by atoms with Gasteiger partial charge in [0.15, 0.2) is 0 Å². The fourth-order valence-corrected chi connectivity index (χ4v) is 2.51. The van der Waals surface area contributed by atoms with E-state index in [1.807, 2.05) is 6.07 Å². The van der Waals surface area contributed by atoms with Crippen molar-refractivity contribution in [2.75, 3.05) is 7.05 Å². The summed E-state index contributed by atoms with van der Waals surface area (Å²) in [6.07, 6.45) is 0. The van der Waals surface area contributed by atoms with Crippen LogP contribution in [0.5, 0.6) is 0 Å². The van der Waals surface area contributed by atoms with Gasteiger partial charge in [-0.3, -0.25) is 0 Å². The van der Waals surface area contributed by atoms with Crippen LogP contribution in [-0.4, -0.2) is 7.05 Å². The molecule has 0 saturated carbocycles. The van der Waals surface area contributed by atoms with E-state index in [-0.39, 0.29) is 11.9 Å². The molecular weight excluding hydrogens is 284 g/mol. The van der Waals surface area contributed by atoms with Crippen LogP contribution in [0.1, 0.15) is 22.7 Å². The molecule has 0 amide bonds. The van der Waals surface area contributed by atoms with Crippen molar-refractivity contribution in [3.8, 4) is 0 Å². The average Bonchev–Trinajstić information content (AvgIpc) is 2.39. The molecule has 1 nitrogen and oxygen atoms in total. The third-order valence-corrected chi connectivity index (χ3v) is 3.67. The van der Waals surface area contributed by atoms with Crippen LogP contribution < -0.4 is 5.32 Å². The summed E-state index contributed by atoms with van der Waals surface area (Å²) in [6, 6.07) is 10.2. The molecule has 0 fully saturated rings. The zero-order chi connectivity index (χ0) is 14.0. The van der Waals surface area contributed by atoms with E-state index in [1.165, 1.54) is 0 Å². The summed E-state index contributed by atoms with van der Waals surface area (Å²) in [6.45, 7) is 1.74. The Kier molecular flexibility index (Phi) is 4.46. The summed E-state index contributed by atoms with van der Waals surface area (Å²) < 4.78 is 14.2. The van der Waals surface area contributed by atoms with Gasteiger partial charge < -0.3 is 5.32 Å². The molecular formula is C15H14Cl2FN. The zero-order valence-electron chi connectivity index (χ0n) is 10.7. The third kappa shape index (κ3) is 2.92. The molecule has 1 N–H and O–H groups in total. The Balaban J connectivity index is 2.56. The minimum absolute atomic E-state index is 0.224. The number of rotatable bonds is 3. The maximum atomic E-state index is 14.2. The van der Waals surface area contributed by atoms with Gasteiger partial charge in [-0.15, -0.1) is 0 Å². The smallest absolute Gasteiger partial charge is 0.131 e. The average molecular weight is 298 g/mol. The van der Waals surface area contributed by atoms with Crippen LogP contribution >= 0.6 is 23.2 Å². The molecule has 0 aliphatic rings. The fourth-order valence-electron chi connectivity index (χ4n) is 2.11. The molecule has 1 atom stereocenters. The van der Waals surface area contributed by atoms with Gasteiger partial charge in [0.25, 0.3) is 0 Å². The number of hydrogen-bond acceptors (Lipinski definition) is 1. The monoisotopic (exact) mass is 297 g/mol. The van der Waals surface area contributed by atoms with Crippen LogP contribution in [0.15, 0.2) is 36.4 Å². The van der Waals surface area contributed by atoms with E-state index in [9.17, 15) is 4.39 Å². The molecule has 0 saturated heterocycles. The molecule has 0 bridgehead atoms. The summed E-state index contributed by atoms with van der Waals surface area (Å²) in [5.41, 5.74) is 1.93. The highest BCUT2D eigenvalue weighted by Crippen LogP contribution is 2.32. The number of nitrogens with one attached hydrogen (secondary N) is 1. The number of benzene rings is 2. The number of halogens is 3. The van der Waals surface area contributed by atoms with Gasteiger partial charge in [0, 0.05) is 15.6 Å². The number of aryl methyl sites for hydroxylation is 1. The predicted molar refractivity (Wildman–Crippen MR) is 78.5 cm³/mol. The van der Waals surface area contributed by atoms with Crippen molar-refractivity contribution in [1.29, 1.82) is 0 Å². The molecule has 2 aromatic carbocycles. The van der Waals surface area contributed by atoms with E-state index in [0.717, 1.165) is 5.56 Å². The summed E-state index contributed by atoms with van der Waals surface area (Å²) in [4.78, 5) is 0. The standard InChI is InChI=1S/C15H14Cl2FN/c1-9-4-3-5-11(14(9)18)15(19-2)12-8-10(16)6-7-13(12)17/h3-8,15,19H,1-2H3. The van der Waals surface area contributed by atoms with Gasteiger partial charge in [0.05, 0.1) is 6.04 Å². The van der Waals surface area contributed by atoms with Crippen LogP contribution in [0.3, 0.4) is 0 Å². The van der Waals surface area contributed by atoms with Crippen LogP contribution in [-0.2, 0) is 0 Å². The molecule has 0 aliphatic carbocycles. The highest BCUT2D eigenvalue weighted by Gasteiger charge is 2.19. The molecule has 100 valence electrons. The Hall–Kier alpha value is -1.09. The molecule has 0 radical (unpaired) electrons. The molecule has 4 heteroatoms. The lowest BCUT2D eigenvalue weighted by Crippen LogP contribution is -2.19. The molecule has 0 spiro atoms. The third-order valence-electron chi connectivity index (χ3n) is 3.09.